The fourth-order valence-electron chi connectivity index (χ4n) is 9.59. The molecular formula is C62H40N2. The van der Waals surface area contributed by atoms with E-state index in [1.54, 1.807) is 0 Å². The number of aromatic nitrogens is 2. The van der Waals surface area contributed by atoms with Gasteiger partial charge in [-0.1, -0.05) is 231 Å². The summed E-state index contributed by atoms with van der Waals surface area (Å²) in [5.74, 6) is 0.700. The van der Waals surface area contributed by atoms with Crippen LogP contribution in [0.4, 0.5) is 0 Å². The number of nitrogens with zero attached hydrogens (tertiary/aromatic N) is 2. The zero-order valence-corrected chi connectivity index (χ0v) is 35.0. The van der Waals surface area contributed by atoms with Gasteiger partial charge in [0, 0.05) is 16.7 Å². The maximum Gasteiger partial charge on any atom is 0.160 e. The minimum atomic E-state index is 0.700. The van der Waals surface area contributed by atoms with Crippen molar-refractivity contribution in [3.05, 3.63) is 243 Å². The summed E-state index contributed by atoms with van der Waals surface area (Å²) in [6.45, 7) is 0. The van der Waals surface area contributed by atoms with E-state index >= 15 is 0 Å². The summed E-state index contributed by atoms with van der Waals surface area (Å²) in [7, 11) is 0. The molecule has 298 valence electrons. The van der Waals surface area contributed by atoms with Gasteiger partial charge in [0.1, 0.15) is 0 Å². The first-order valence-electron chi connectivity index (χ1n) is 21.9. The third-order valence-corrected chi connectivity index (χ3v) is 12.7. The average Bonchev–Trinajstić information content (AvgIpc) is 3.38. The van der Waals surface area contributed by atoms with Crippen LogP contribution in [0.2, 0.25) is 0 Å². The minimum Gasteiger partial charge on any atom is -0.228 e. The van der Waals surface area contributed by atoms with Gasteiger partial charge in [0.25, 0.3) is 0 Å². The molecule has 0 spiro atoms. The number of fused-ring (bicyclic) bond motifs is 5. The highest BCUT2D eigenvalue weighted by Crippen LogP contribution is 2.46. The number of rotatable bonds is 7. The van der Waals surface area contributed by atoms with Crippen LogP contribution < -0.4 is 0 Å². The highest BCUT2D eigenvalue weighted by atomic mass is 14.9. The lowest BCUT2D eigenvalue weighted by Crippen LogP contribution is -1.97. The molecule has 0 atom stereocenters. The van der Waals surface area contributed by atoms with Crippen molar-refractivity contribution in [3.8, 4) is 78.4 Å². The lowest BCUT2D eigenvalue weighted by atomic mass is 9.84. The summed E-state index contributed by atoms with van der Waals surface area (Å²) in [6.07, 6.45) is 0. The molecule has 0 N–H and O–H groups in total. The van der Waals surface area contributed by atoms with Gasteiger partial charge in [0.15, 0.2) is 5.82 Å². The molecule has 0 saturated carbocycles. The van der Waals surface area contributed by atoms with Crippen LogP contribution in [0.1, 0.15) is 0 Å². The van der Waals surface area contributed by atoms with E-state index in [1.165, 1.54) is 65.3 Å². The third kappa shape index (κ3) is 6.61. The molecular weight excluding hydrogens is 773 g/mol. The van der Waals surface area contributed by atoms with E-state index in [4.69, 9.17) is 9.97 Å². The van der Waals surface area contributed by atoms with Crippen molar-refractivity contribution in [2.75, 3.05) is 0 Å². The topological polar surface area (TPSA) is 25.8 Å². The molecule has 1 aromatic heterocycles. The average molecular weight is 813 g/mol. The van der Waals surface area contributed by atoms with E-state index in [9.17, 15) is 0 Å². The monoisotopic (exact) mass is 812 g/mol. The molecule has 11 aromatic carbocycles. The Hall–Kier alpha value is -8.46. The van der Waals surface area contributed by atoms with Crippen LogP contribution in [-0.2, 0) is 0 Å². The van der Waals surface area contributed by atoms with Crippen molar-refractivity contribution in [3.63, 3.8) is 0 Å². The molecule has 0 bridgehead atoms. The lowest BCUT2D eigenvalue weighted by Gasteiger charge is -2.19. The summed E-state index contributed by atoms with van der Waals surface area (Å²) < 4.78 is 0. The van der Waals surface area contributed by atoms with Crippen LogP contribution in [-0.4, -0.2) is 9.97 Å². The van der Waals surface area contributed by atoms with Crippen LogP contribution in [0.5, 0.6) is 0 Å². The molecule has 0 saturated heterocycles. The van der Waals surface area contributed by atoms with Crippen LogP contribution in [0.15, 0.2) is 243 Å². The molecule has 1 heterocycles. The lowest BCUT2D eigenvalue weighted by molar-refractivity contribution is 1.18. The van der Waals surface area contributed by atoms with E-state index in [0.717, 1.165) is 50.3 Å². The second-order valence-electron chi connectivity index (χ2n) is 16.5. The fraction of sp³-hybridized carbons (Fsp3) is 0. The molecule has 0 radical (unpaired) electrons. The Labute approximate surface area is 372 Å². The van der Waals surface area contributed by atoms with Gasteiger partial charge in [-0.2, -0.15) is 0 Å². The van der Waals surface area contributed by atoms with Crippen molar-refractivity contribution in [1.82, 2.24) is 9.97 Å². The Kier molecular flexibility index (Phi) is 9.20. The highest BCUT2D eigenvalue weighted by molar-refractivity contribution is 6.27. The summed E-state index contributed by atoms with van der Waals surface area (Å²) in [5.41, 5.74) is 14.4. The number of benzene rings is 11. The van der Waals surface area contributed by atoms with Gasteiger partial charge in [-0.05, 0) is 99.7 Å². The SMILES string of the molecule is c1ccc(-c2nc(-c3ccc(-c4ccc(-c5c6ccccc6c(-c6ccccc6)c6c5ccc5ccccc56)cc4)cc3)cc(-c3ccccc3-c3ccc4ccccc4c3)n2)cc1. The van der Waals surface area contributed by atoms with Crippen molar-refractivity contribution >= 4 is 43.1 Å². The molecule has 12 rings (SSSR count). The molecule has 0 aliphatic rings. The maximum atomic E-state index is 5.21. The van der Waals surface area contributed by atoms with Gasteiger partial charge < -0.3 is 0 Å². The zero-order chi connectivity index (χ0) is 42.4. The largest absolute Gasteiger partial charge is 0.228 e. The number of hydrogen-bond acceptors (Lipinski definition) is 2. The molecule has 64 heavy (non-hydrogen) atoms. The van der Waals surface area contributed by atoms with Crippen molar-refractivity contribution in [2.45, 2.75) is 0 Å². The highest BCUT2D eigenvalue weighted by Gasteiger charge is 2.19. The van der Waals surface area contributed by atoms with Gasteiger partial charge >= 0.3 is 0 Å². The second-order valence-corrected chi connectivity index (χ2v) is 16.5. The first-order chi connectivity index (χ1) is 31.7. The van der Waals surface area contributed by atoms with Crippen LogP contribution in [0.3, 0.4) is 0 Å². The molecule has 0 amide bonds. The van der Waals surface area contributed by atoms with Crippen molar-refractivity contribution in [2.24, 2.45) is 0 Å². The summed E-state index contributed by atoms with van der Waals surface area (Å²) in [6, 6.07) is 87.2. The molecule has 0 aliphatic heterocycles. The minimum absolute atomic E-state index is 0.700. The van der Waals surface area contributed by atoms with Gasteiger partial charge in [-0.3, -0.25) is 0 Å². The first-order valence-corrected chi connectivity index (χ1v) is 21.9. The summed E-state index contributed by atoms with van der Waals surface area (Å²) in [4.78, 5) is 10.4. The van der Waals surface area contributed by atoms with Crippen LogP contribution >= 0.6 is 0 Å². The maximum absolute atomic E-state index is 5.21. The van der Waals surface area contributed by atoms with E-state index in [1.807, 2.05) is 18.2 Å². The van der Waals surface area contributed by atoms with Gasteiger partial charge in [0.05, 0.1) is 11.4 Å². The molecule has 2 heteroatoms. The summed E-state index contributed by atoms with van der Waals surface area (Å²) >= 11 is 0. The predicted molar refractivity (Wildman–Crippen MR) is 270 cm³/mol. The zero-order valence-electron chi connectivity index (χ0n) is 35.0. The van der Waals surface area contributed by atoms with Crippen LogP contribution in [0, 0.1) is 0 Å². The Morgan fingerprint density at radius 2 is 0.719 bits per heavy atom. The van der Waals surface area contributed by atoms with Crippen molar-refractivity contribution in [1.29, 1.82) is 0 Å². The Morgan fingerprint density at radius 3 is 1.44 bits per heavy atom. The van der Waals surface area contributed by atoms with Gasteiger partial charge in [-0.25, -0.2) is 9.97 Å². The predicted octanol–water partition coefficient (Wildman–Crippen LogP) is 16.8. The van der Waals surface area contributed by atoms with Crippen molar-refractivity contribution < 1.29 is 0 Å². The Balaban J connectivity index is 0.935. The normalized spacial score (nSPS) is 11.4. The quantitative estimate of drug-likeness (QED) is 0.118. The summed E-state index contributed by atoms with van der Waals surface area (Å²) in [5, 5.41) is 10.0. The molecule has 12 aromatic rings. The van der Waals surface area contributed by atoms with E-state index in [-0.39, 0.29) is 0 Å². The standard InChI is InChI=1S/C62H40N2/c1-3-17-46(18-4-1)60-55-26-14-13-25-54(55)59(56-38-37-44-16-9-10-23-52(44)61(56)60)47-34-29-43(30-35-47)42-27-32-45(33-28-42)57-40-58(64-62(63-57)48-19-5-2-6-20-48)53-24-12-11-22-51(53)50-36-31-41-15-7-8-21-49(41)39-50/h1-40H. The molecule has 0 aliphatic carbocycles. The first kappa shape index (κ1) is 37.3. The van der Waals surface area contributed by atoms with Gasteiger partial charge in [0.2, 0.25) is 0 Å². The third-order valence-electron chi connectivity index (χ3n) is 12.7. The van der Waals surface area contributed by atoms with Crippen LogP contribution in [0.25, 0.3) is 122 Å². The van der Waals surface area contributed by atoms with Gasteiger partial charge in [-0.15, -0.1) is 0 Å². The molecule has 0 fully saturated rings. The Morgan fingerprint density at radius 1 is 0.234 bits per heavy atom. The molecule has 0 unspecified atom stereocenters. The smallest absolute Gasteiger partial charge is 0.160 e. The van der Waals surface area contributed by atoms with E-state index < -0.39 is 0 Å². The fourth-order valence-corrected chi connectivity index (χ4v) is 9.59. The van der Waals surface area contributed by atoms with E-state index in [2.05, 4.69) is 224 Å². The second kappa shape index (κ2) is 15.8. The molecule has 2 nitrogen and oxygen atoms in total. The van der Waals surface area contributed by atoms with E-state index in [0.29, 0.717) is 5.82 Å². The number of hydrogen-bond donors (Lipinski definition) is 0. The Bertz CT molecular complexity index is 3690.